The van der Waals surface area contributed by atoms with E-state index in [4.69, 9.17) is 0 Å². The molecule has 1 atom stereocenters. The minimum absolute atomic E-state index is 0.0289. The summed E-state index contributed by atoms with van der Waals surface area (Å²) in [5, 5.41) is 0. The summed E-state index contributed by atoms with van der Waals surface area (Å²) < 4.78 is 0. The van der Waals surface area contributed by atoms with E-state index >= 15 is 0 Å². The third-order valence-corrected chi connectivity index (χ3v) is 7.16. The molecule has 0 bridgehead atoms. The van der Waals surface area contributed by atoms with Gasteiger partial charge in [0.05, 0.1) is 11.1 Å². The van der Waals surface area contributed by atoms with Gasteiger partial charge in [-0.15, -0.1) is 0 Å². The van der Waals surface area contributed by atoms with Crippen molar-refractivity contribution < 1.29 is 14.4 Å². The number of rotatable bonds is 6. The number of benzene rings is 1. The van der Waals surface area contributed by atoms with Crippen molar-refractivity contribution in [1.82, 2.24) is 19.7 Å². The van der Waals surface area contributed by atoms with Crippen LogP contribution in [-0.2, 0) is 4.79 Å². The van der Waals surface area contributed by atoms with Crippen LogP contribution >= 0.6 is 0 Å². The SMILES string of the molecule is O=C(CCN1C(=O)c2ccccc2C1=O)N1CCCC(CN2CCN(c3ccccn3)CC2)C1. The van der Waals surface area contributed by atoms with Gasteiger partial charge < -0.3 is 9.80 Å². The maximum atomic E-state index is 12.9. The van der Waals surface area contributed by atoms with E-state index in [1.807, 2.05) is 23.2 Å². The molecule has 178 valence electrons. The molecule has 8 nitrogen and oxygen atoms in total. The van der Waals surface area contributed by atoms with Gasteiger partial charge >= 0.3 is 0 Å². The minimum Gasteiger partial charge on any atom is -0.354 e. The second-order valence-corrected chi connectivity index (χ2v) is 9.38. The largest absolute Gasteiger partial charge is 0.354 e. The summed E-state index contributed by atoms with van der Waals surface area (Å²) in [5.74, 6) is 0.929. The Morgan fingerprint density at radius 2 is 1.62 bits per heavy atom. The first-order valence-corrected chi connectivity index (χ1v) is 12.2. The number of carbonyl (C=O) groups excluding carboxylic acids is 3. The van der Waals surface area contributed by atoms with Crippen LogP contribution in [0.5, 0.6) is 0 Å². The van der Waals surface area contributed by atoms with E-state index < -0.39 is 0 Å². The lowest BCUT2D eigenvalue weighted by Crippen LogP contribution is -2.50. The van der Waals surface area contributed by atoms with Crippen molar-refractivity contribution in [2.24, 2.45) is 5.92 Å². The van der Waals surface area contributed by atoms with Crippen LogP contribution in [0.25, 0.3) is 0 Å². The molecule has 5 rings (SSSR count). The van der Waals surface area contributed by atoms with Gasteiger partial charge in [-0.2, -0.15) is 0 Å². The molecule has 3 amide bonds. The fraction of sp³-hybridized carbons (Fsp3) is 0.462. The number of carbonyl (C=O) groups is 3. The standard InChI is InChI=1S/C26H31N5O3/c32-24(10-13-31-25(33)21-7-1-2-8-22(21)26(31)34)30-12-5-6-20(19-30)18-28-14-16-29(17-15-28)23-9-3-4-11-27-23/h1-4,7-9,11,20H,5-6,10,12-19H2. The highest BCUT2D eigenvalue weighted by molar-refractivity contribution is 6.21. The maximum absolute atomic E-state index is 12.9. The monoisotopic (exact) mass is 461 g/mol. The first-order chi connectivity index (χ1) is 16.6. The molecule has 0 radical (unpaired) electrons. The number of likely N-dealkylation sites (tertiary alicyclic amines) is 1. The predicted octanol–water partition coefficient (Wildman–Crippen LogP) is 2.13. The number of anilines is 1. The number of hydrogen-bond donors (Lipinski definition) is 0. The highest BCUT2D eigenvalue weighted by Gasteiger charge is 2.35. The normalized spacial score (nSPS) is 21.2. The topological polar surface area (TPSA) is 77.1 Å². The van der Waals surface area contributed by atoms with E-state index in [1.54, 1.807) is 24.3 Å². The van der Waals surface area contributed by atoms with Crippen molar-refractivity contribution in [1.29, 1.82) is 0 Å². The zero-order valence-corrected chi connectivity index (χ0v) is 19.4. The Morgan fingerprint density at radius 3 is 2.29 bits per heavy atom. The summed E-state index contributed by atoms with van der Waals surface area (Å²) in [7, 11) is 0. The van der Waals surface area contributed by atoms with Gasteiger partial charge in [-0.25, -0.2) is 4.98 Å². The number of amides is 3. The smallest absolute Gasteiger partial charge is 0.261 e. The Morgan fingerprint density at radius 1 is 0.912 bits per heavy atom. The highest BCUT2D eigenvalue weighted by Crippen LogP contribution is 2.24. The highest BCUT2D eigenvalue weighted by atomic mass is 16.2. The summed E-state index contributed by atoms with van der Waals surface area (Å²) in [6.07, 6.45) is 4.14. The fourth-order valence-corrected chi connectivity index (χ4v) is 5.31. The van der Waals surface area contributed by atoms with Gasteiger partial charge in [-0.05, 0) is 43.0 Å². The number of fused-ring (bicyclic) bond motifs is 1. The first-order valence-electron chi connectivity index (χ1n) is 12.2. The Hall–Kier alpha value is -3.26. The molecule has 1 aromatic heterocycles. The van der Waals surface area contributed by atoms with Gasteiger partial charge in [-0.1, -0.05) is 18.2 Å². The number of hydrogen-bond acceptors (Lipinski definition) is 6. The van der Waals surface area contributed by atoms with Gasteiger partial charge in [-0.3, -0.25) is 24.2 Å². The zero-order valence-electron chi connectivity index (χ0n) is 19.4. The van der Waals surface area contributed by atoms with Crippen LogP contribution in [0.1, 0.15) is 40.0 Å². The van der Waals surface area contributed by atoms with E-state index in [0.717, 1.165) is 64.5 Å². The molecule has 34 heavy (non-hydrogen) atoms. The summed E-state index contributed by atoms with van der Waals surface area (Å²) in [5.41, 5.74) is 0.863. The first kappa shape index (κ1) is 22.5. The van der Waals surface area contributed by atoms with Gasteiger partial charge in [0.25, 0.3) is 11.8 Å². The van der Waals surface area contributed by atoms with Crippen LogP contribution in [0.15, 0.2) is 48.7 Å². The molecule has 0 spiro atoms. The molecule has 1 aromatic carbocycles. The van der Waals surface area contributed by atoms with E-state index in [9.17, 15) is 14.4 Å². The lowest BCUT2D eigenvalue weighted by molar-refractivity contribution is -0.133. The Balaban J connectivity index is 1.09. The zero-order chi connectivity index (χ0) is 23.5. The molecular weight excluding hydrogens is 430 g/mol. The van der Waals surface area contributed by atoms with Crippen molar-refractivity contribution >= 4 is 23.5 Å². The Labute approximate surface area is 200 Å². The van der Waals surface area contributed by atoms with Crippen molar-refractivity contribution in [3.05, 3.63) is 59.8 Å². The van der Waals surface area contributed by atoms with Crippen molar-refractivity contribution in [2.45, 2.75) is 19.3 Å². The predicted molar refractivity (Wildman–Crippen MR) is 129 cm³/mol. The van der Waals surface area contributed by atoms with Crippen LogP contribution in [0.4, 0.5) is 5.82 Å². The summed E-state index contributed by atoms with van der Waals surface area (Å²) in [6, 6.07) is 12.9. The summed E-state index contributed by atoms with van der Waals surface area (Å²) in [6.45, 7) is 6.58. The molecule has 0 N–H and O–H groups in total. The molecule has 0 aliphatic carbocycles. The molecule has 3 aliphatic heterocycles. The van der Waals surface area contributed by atoms with Crippen molar-refractivity contribution in [2.75, 3.05) is 57.3 Å². The molecule has 2 saturated heterocycles. The lowest BCUT2D eigenvalue weighted by atomic mass is 9.96. The molecule has 4 heterocycles. The third kappa shape index (κ3) is 4.68. The average Bonchev–Trinajstić information content (AvgIpc) is 3.13. The van der Waals surface area contributed by atoms with Crippen molar-refractivity contribution in [3.8, 4) is 0 Å². The minimum atomic E-state index is -0.297. The molecule has 3 aliphatic rings. The van der Waals surface area contributed by atoms with Gasteiger partial charge in [0.1, 0.15) is 5.82 Å². The van der Waals surface area contributed by atoms with Crippen LogP contribution < -0.4 is 4.90 Å². The molecular formula is C26H31N5O3. The maximum Gasteiger partial charge on any atom is 0.261 e. The summed E-state index contributed by atoms with van der Waals surface area (Å²) in [4.78, 5) is 50.4. The third-order valence-electron chi connectivity index (χ3n) is 7.16. The Bertz CT molecular complexity index is 1020. The van der Waals surface area contributed by atoms with E-state index in [-0.39, 0.29) is 30.7 Å². The van der Waals surface area contributed by atoms with Gasteiger partial charge in [0, 0.05) is 65.0 Å². The van der Waals surface area contributed by atoms with Crippen molar-refractivity contribution in [3.63, 3.8) is 0 Å². The lowest BCUT2D eigenvalue weighted by Gasteiger charge is -2.39. The molecule has 1 unspecified atom stereocenters. The van der Waals surface area contributed by atoms with E-state index in [1.165, 1.54) is 4.90 Å². The van der Waals surface area contributed by atoms with Crippen LogP contribution in [0, 0.1) is 5.92 Å². The number of imide groups is 1. The second kappa shape index (κ2) is 9.93. The van der Waals surface area contributed by atoms with Gasteiger partial charge in [0.15, 0.2) is 0 Å². The average molecular weight is 462 g/mol. The molecule has 2 aromatic rings. The van der Waals surface area contributed by atoms with E-state index in [2.05, 4.69) is 20.9 Å². The summed E-state index contributed by atoms with van der Waals surface area (Å²) >= 11 is 0. The number of pyridine rings is 1. The van der Waals surface area contributed by atoms with Crippen LogP contribution in [-0.4, -0.2) is 89.8 Å². The Kier molecular flexibility index (Phi) is 6.58. The number of aromatic nitrogens is 1. The van der Waals surface area contributed by atoms with E-state index in [0.29, 0.717) is 17.0 Å². The number of nitrogens with zero attached hydrogens (tertiary/aromatic N) is 5. The number of piperazine rings is 1. The fourth-order valence-electron chi connectivity index (χ4n) is 5.31. The van der Waals surface area contributed by atoms with Crippen LogP contribution in [0.3, 0.4) is 0 Å². The molecule has 2 fully saturated rings. The second-order valence-electron chi connectivity index (χ2n) is 9.38. The van der Waals surface area contributed by atoms with Gasteiger partial charge in [0.2, 0.25) is 5.91 Å². The number of piperidine rings is 1. The molecule has 8 heteroatoms. The van der Waals surface area contributed by atoms with Crippen LogP contribution in [0.2, 0.25) is 0 Å². The molecule has 0 saturated carbocycles. The quantitative estimate of drug-likeness (QED) is 0.614.